The highest BCUT2D eigenvalue weighted by atomic mass is 16.6. The van der Waals surface area contributed by atoms with Crippen molar-refractivity contribution in [2.24, 2.45) is 0 Å². The van der Waals surface area contributed by atoms with Crippen LogP contribution in [0.3, 0.4) is 0 Å². The third-order valence-electron chi connectivity index (χ3n) is 3.33. The van der Waals surface area contributed by atoms with Crippen LogP contribution in [0, 0.1) is 10.1 Å². The Bertz CT molecular complexity index is 839. The monoisotopic (exact) mass is 328 g/mol. The van der Waals surface area contributed by atoms with Crippen LogP contribution in [0.15, 0.2) is 59.9 Å². The molecule has 24 heavy (non-hydrogen) atoms. The second kappa shape index (κ2) is 6.73. The summed E-state index contributed by atoms with van der Waals surface area (Å²) in [6.45, 7) is 0.599. The molecular weight excluding hydrogens is 314 g/mol. The van der Waals surface area contributed by atoms with Gasteiger partial charge < -0.3 is 4.42 Å². The number of nitro benzene ring substituents is 1. The Kier molecular flexibility index (Phi) is 4.32. The number of nitrogens with one attached hydrogen (secondary N) is 1. The van der Waals surface area contributed by atoms with E-state index in [9.17, 15) is 14.9 Å². The van der Waals surface area contributed by atoms with Crippen LogP contribution in [0.1, 0.15) is 15.9 Å². The Morgan fingerprint density at radius 2 is 2.12 bits per heavy atom. The number of benzene rings is 1. The minimum atomic E-state index is -0.504. The number of carbonyl (C=O) groups is 1. The Balaban J connectivity index is 1.59. The first-order valence-corrected chi connectivity index (χ1v) is 7.08. The van der Waals surface area contributed by atoms with E-state index >= 15 is 0 Å². The molecule has 3 aromatic rings. The van der Waals surface area contributed by atoms with Crippen LogP contribution in [0.4, 0.5) is 5.69 Å². The maximum absolute atomic E-state index is 12.2. The van der Waals surface area contributed by atoms with Crippen molar-refractivity contribution in [3.8, 4) is 0 Å². The number of Topliss-reactive ketones (excluding diaryl/α,β-unsaturated/α-hetero) is 1. The van der Waals surface area contributed by atoms with Crippen molar-refractivity contribution in [1.82, 2.24) is 9.77 Å². The molecule has 9 heteroatoms. The smallest absolute Gasteiger partial charge is 0.289 e. The van der Waals surface area contributed by atoms with Crippen molar-refractivity contribution in [1.29, 1.82) is 0 Å². The molecule has 0 aliphatic rings. The van der Waals surface area contributed by atoms with E-state index in [4.69, 9.17) is 4.42 Å². The summed E-state index contributed by atoms with van der Waals surface area (Å²) in [6, 6.07) is 7.34. The van der Waals surface area contributed by atoms with Crippen molar-refractivity contribution < 1.29 is 18.8 Å². The molecule has 0 radical (unpaired) electrons. The van der Waals surface area contributed by atoms with Gasteiger partial charge in [-0.05, 0) is 23.3 Å². The van der Waals surface area contributed by atoms with E-state index in [2.05, 4.69) is 10.5 Å². The van der Waals surface area contributed by atoms with Crippen LogP contribution in [-0.2, 0) is 13.1 Å². The SMILES string of the molecule is O=C(C[n+]1cn(NCc2ccoc2)cn1)c1ccc([N+](=O)[O-])cc1. The molecule has 9 nitrogen and oxygen atoms in total. The average molecular weight is 328 g/mol. The fourth-order valence-electron chi connectivity index (χ4n) is 2.07. The molecule has 0 aliphatic heterocycles. The summed E-state index contributed by atoms with van der Waals surface area (Å²) in [4.78, 5) is 22.3. The fraction of sp³-hybridized carbons (Fsp3) is 0.133. The lowest BCUT2D eigenvalue weighted by atomic mass is 10.1. The highest BCUT2D eigenvalue weighted by molar-refractivity contribution is 5.95. The van der Waals surface area contributed by atoms with E-state index in [1.165, 1.54) is 28.9 Å². The Morgan fingerprint density at radius 3 is 2.79 bits per heavy atom. The van der Waals surface area contributed by atoms with Gasteiger partial charge in [0.2, 0.25) is 12.1 Å². The summed E-state index contributed by atoms with van der Waals surface area (Å²) in [5.41, 5.74) is 4.42. The Morgan fingerprint density at radius 1 is 1.33 bits per heavy atom. The molecule has 0 saturated carbocycles. The first-order chi connectivity index (χ1) is 11.6. The number of furan rings is 1. The number of hydrogen-bond donors (Lipinski definition) is 1. The first-order valence-electron chi connectivity index (χ1n) is 7.08. The zero-order valence-corrected chi connectivity index (χ0v) is 12.5. The van der Waals surface area contributed by atoms with Crippen molar-refractivity contribution in [3.05, 3.63) is 76.8 Å². The maximum atomic E-state index is 12.2. The molecule has 1 aromatic carbocycles. The molecule has 0 fully saturated rings. The van der Waals surface area contributed by atoms with Gasteiger partial charge in [-0.25, -0.2) is 0 Å². The average Bonchev–Trinajstić information content (AvgIpc) is 3.24. The molecule has 0 aliphatic carbocycles. The van der Waals surface area contributed by atoms with Gasteiger partial charge in [-0.2, -0.15) is 0 Å². The minimum absolute atomic E-state index is 0.0399. The lowest BCUT2D eigenvalue weighted by Gasteiger charge is -1.98. The van der Waals surface area contributed by atoms with E-state index < -0.39 is 4.92 Å². The van der Waals surface area contributed by atoms with E-state index in [-0.39, 0.29) is 18.0 Å². The van der Waals surface area contributed by atoms with Gasteiger partial charge in [0.1, 0.15) is 0 Å². The molecule has 2 aromatic heterocycles. The lowest BCUT2D eigenvalue weighted by Crippen LogP contribution is -2.39. The summed E-state index contributed by atoms with van der Waals surface area (Å²) in [5.74, 6) is -0.185. The highest BCUT2D eigenvalue weighted by Crippen LogP contribution is 2.12. The summed E-state index contributed by atoms with van der Waals surface area (Å²) >= 11 is 0. The lowest BCUT2D eigenvalue weighted by molar-refractivity contribution is -0.739. The van der Waals surface area contributed by atoms with Crippen LogP contribution >= 0.6 is 0 Å². The molecule has 0 spiro atoms. The van der Waals surface area contributed by atoms with E-state index in [1.807, 2.05) is 6.07 Å². The zero-order chi connectivity index (χ0) is 16.9. The zero-order valence-electron chi connectivity index (χ0n) is 12.5. The summed E-state index contributed by atoms with van der Waals surface area (Å²) in [7, 11) is 0. The van der Waals surface area contributed by atoms with E-state index in [0.29, 0.717) is 12.1 Å². The standard InChI is InChI=1S/C15H14N5O4/c21-15(13-1-3-14(4-2-13)20(22)23)8-18-11-19(10-17-18)16-7-12-5-6-24-9-12/h1-6,9-11,16H,7-8H2/q+1. The van der Waals surface area contributed by atoms with Gasteiger partial charge in [-0.1, -0.05) is 0 Å². The van der Waals surface area contributed by atoms with Gasteiger partial charge in [-0.3, -0.25) is 20.3 Å². The molecule has 0 bridgehead atoms. The van der Waals surface area contributed by atoms with Crippen LogP contribution in [0.5, 0.6) is 0 Å². The van der Waals surface area contributed by atoms with Gasteiger partial charge in [-0.15, -0.1) is 9.36 Å². The van der Waals surface area contributed by atoms with Gasteiger partial charge in [0.25, 0.3) is 12.0 Å². The molecule has 122 valence electrons. The van der Waals surface area contributed by atoms with Crippen LogP contribution in [-0.4, -0.2) is 20.5 Å². The fourth-order valence-corrected chi connectivity index (χ4v) is 2.07. The second-order valence-corrected chi connectivity index (χ2v) is 5.04. The second-order valence-electron chi connectivity index (χ2n) is 5.04. The van der Waals surface area contributed by atoms with Crippen LogP contribution in [0.2, 0.25) is 0 Å². The number of non-ortho nitro benzene ring substituents is 1. The molecule has 0 amide bonds. The largest absolute Gasteiger partial charge is 0.472 e. The van der Waals surface area contributed by atoms with Crippen molar-refractivity contribution in [2.75, 3.05) is 5.43 Å². The molecule has 0 atom stereocenters. The molecule has 2 heterocycles. The van der Waals surface area contributed by atoms with Crippen molar-refractivity contribution in [2.45, 2.75) is 13.1 Å². The normalized spacial score (nSPS) is 10.5. The quantitative estimate of drug-likeness (QED) is 0.303. The number of rotatable bonds is 7. The minimum Gasteiger partial charge on any atom is -0.472 e. The number of nitro groups is 1. The summed E-state index contributed by atoms with van der Waals surface area (Å²) in [5, 5.41) is 14.7. The molecule has 3 rings (SSSR count). The van der Waals surface area contributed by atoms with Crippen molar-refractivity contribution in [3.63, 3.8) is 0 Å². The number of ketones is 1. The van der Waals surface area contributed by atoms with E-state index in [0.717, 1.165) is 5.56 Å². The third kappa shape index (κ3) is 3.64. The number of carbonyl (C=O) groups excluding carboxylic acids is 1. The van der Waals surface area contributed by atoms with Crippen molar-refractivity contribution >= 4 is 11.5 Å². The van der Waals surface area contributed by atoms with E-state index in [1.54, 1.807) is 29.9 Å². The van der Waals surface area contributed by atoms with Gasteiger partial charge in [0, 0.05) is 23.3 Å². The summed E-state index contributed by atoms with van der Waals surface area (Å²) in [6.07, 6.45) is 6.41. The molecule has 1 N–H and O–H groups in total. The number of nitrogens with zero attached hydrogens (tertiary/aromatic N) is 4. The van der Waals surface area contributed by atoms with Gasteiger partial charge in [0.15, 0.2) is 6.54 Å². The molecular formula is C15H14N5O4+. The Hall–Kier alpha value is -3.49. The van der Waals surface area contributed by atoms with Crippen LogP contribution < -0.4 is 10.1 Å². The third-order valence-corrected chi connectivity index (χ3v) is 3.33. The number of hydrogen-bond acceptors (Lipinski definition) is 6. The molecule has 0 saturated heterocycles. The first kappa shape index (κ1) is 15.4. The maximum Gasteiger partial charge on any atom is 0.289 e. The molecule has 0 unspecified atom stereocenters. The topological polar surface area (TPSA) is 107 Å². The Labute approximate surface area is 136 Å². The summed E-state index contributed by atoms with van der Waals surface area (Å²) < 4.78 is 8.09. The van der Waals surface area contributed by atoms with Crippen LogP contribution in [0.25, 0.3) is 0 Å². The predicted octanol–water partition coefficient (Wildman–Crippen LogP) is 1.30. The number of aromatic nitrogens is 3. The highest BCUT2D eigenvalue weighted by Gasteiger charge is 2.14. The predicted molar refractivity (Wildman–Crippen MR) is 81.6 cm³/mol. The van der Waals surface area contributed by atoms with Gasteiger partial charge >= 0.3 is 0 Å². The van der Waals surface area contributed by atoms with Gasteiger partial charge in [0.05, 0.1) is 24.0 Å².